The van der Waals surface area contributed by atoms with Crippen LogP contribution in [-0.2, 0) is 12.8 Å². The van der Waals surface area contributed by atoms with E-state index in [1.165, 1.54) is 11.3 Å². The van der Waals surface area contributed by atoms with Gasteiger partial charge in [-0.15, -0.1) is 11.3 Å². The van der Waals surface area contributed by atoms with E-state index in [-0.39, 0.29) is 5.78 Å². The van der Waals surface area contributed by atoms with Crippen LogP contribution in [0.5, 0.6) is 11.5 Å². The van der Waals surface area contributed by atoms with Gasteiger partial charge >= 0.3 is 0 Å². The molecule has 3 rings (SSSR count). The lowest BCUT2D eigenvalue weighted by atomic mass is 10.0. The van der Waals surface area contributed by atoms with Gasteiger partial charge in [-0.3, -0.25) is 4.79 Å². The minimum absolute atomic E-state index is 0.243. The van der Waals surface area contributed by atoms with Crippen molar-refractivity contribution in [3.63, 3.8) is 0 Å². The van der Waals surface area contributed by atoms with Crippen molar-refractivity contribution in [1.29, 1.82) is 0 Å². The van der Waals surface area contributed by atoms with E-state index in [0.717, 1.165) is 39.7 Å². The van der Waals surface area contributed by atoms with Gasteiger partial charge in [0.25, 0.3) is 0 Å². The van der Waals surface area contributed by atoms with E-state index in [1.54, 1.807) is 14.2 Å². The number of carbonyl (C=O) groups is 1. The van der Waals surface area contributed by atoms with Crippen LogP contribution in [0, 0.1) is 0 Å². The zero-order valence-electron chi connectivity index (χ0n) is 12.1. The number of Topliss-reactive ketones (excluding diaryl/α,β-unsaturated/α-hetero) is 1. The first kappa shape index (κ1) is 14.1. The van der Waals surface area contributed by atoms with Crippen molar-refractivity contribution in [1.82, 2.24) is 4.98 Å². The molecule has 0 amide bonds. The molecule has 0 aliphatic heterocycles. The van der Waals surface area contributed by atoms with Gasteiger partial charge in [-0.1, -0.05) is 6.07 Å². The lowest BCUT2D eigenvalue weighted by molar-refractivity contribution is 0.0976. The van der Waals surface area contributed by atoms with Crippen molar-refractivity contribution < 1.29 is 14.3 Å². The molecule has 0 radical (unpaired) electrons. The van der Waals surface area contributed by atoms with E-state index >= 15 is 0 Å². The van der Waals surface area contributed by atoms with E-state index in [9.17, 15) is 4.79 Å². The molecule has 0 N–H and O–H groups in total. The Bertz CT molecular complexity index is 678. The number of benzene rings is 1. The second-order valence-corrected chi connectivity index (χ2v) is 6.11. The van der Waals surface area contributed by atoms with E-state index in [1.807, 2.05) is 18.2 Å². The number of ketones is 1. The summed E-state index contributed by atoms with van der Waals surface area (Å²) in [5.74, 6) is 1.68. The average molecular weight is 303 g/mol. The van der Waals surface area contributed by atoms with Gasteiger partial charge in [0.05, 0.1) is 29.8 Å². The van der Waals surface area contributed by atoms with Gasteiger partial charge in [-0.2, -0.15) is 0 Å². The van der Waals surface area contributed by atoms with Crippen molar-refractivity contribution in [3.8, 4) is 11.5 Å². The first-order valence-electron chi connectivity index (χ1n) is 6.94. The molecule has 1 aliphatic rings. The molecule has 0 bridgehead atoms. The largest absolute Gasteiger partial charge is 0.493 e. The first-order valence-corrected chi connectivity index (χ1v) is 7.75. The summed E-state index contributed by atoms with van der Waals surface area (Å²) < 4.78 is 10.6. The van der Waals surface area contributed by atoms with E-state index < -0.39 is 0 Å². The highest BCUT2D eigenvalue weighted by atomic mass is 32.1. The molecule has 0 spiro atoms. The summed E-state index contributed by atoms with van der Waals surface area (Å²) in [5, 5.41) is 0.988. The Hall–Kier alpha value is -1.88. The van der Waals surface area contributed by atoms with Crippen molar-refractivity contribution in [2.24, 2.45) is 0 Å². The Balaban J connectivity index is 1.85. The maximum absolute atomic E-state index is 11.9. The maximum Gasteiger partial charge on any atom is 0.174 e. The summed E-state index contributed by atoms with van der Waals surface area (Å²) in [5.41, 5.74) is 2.08. The summed E-state index contributed by atoms with van der Waals surface area (Å²) >= 11 is 1.53. The number of hydrogen-bond donors (Lipinski definition) is 0. The Morgan fingerprint density at radius 3 is 2.71 bits per heavy atom. The standard InChI is InChI=1S/C16H17NO3S/c1-19-13-7-6-10(8-14(13)20-2)9-15-17-11-4-3-5-12(18)16(11)21-15/h6-8H,3-5,9H2,1-2H3. The van der Waals surface area contributed by atoms with Gasteiger partial charge in [-0.25, -0.2) is 4.98 Å². The number of ether oxygens (including phenoxy) is 2. The fourth-order valence-electron chi connectivity index (χ4n) is 2.56. The molecule has 0 saturated carbocycles. The molecule has 110 valence electrons. The summed E-state index contributed by atoms with van der Waals surface area (Å²) in [6, 6.07) is 5.86. The van der Waals surface area contributed by atoms with Crippen LogP contribution >= 0.6 is 11.3 Å². The summed E-state index contributed by atoms with van der Waals surface area (Å²) in [4.78, 5) is 17.3. The lowest BCUT2D eigenvalue weighted by Crippen LogP contribution is -2.07. The maximum atomic E-state index is 11.9. The van der Waals surface area contributed by atoms with Gasteiger partial charge in [0, 0.05) is 12.8 Å². The van der Waals surface area contributed by atoms with E-state index in [4.69, 9.17) is 9.47 Å². The molecule has 4 nitrogen and oxygen atoms in total. The number of aryl methyl sites for hydroxylation is 1. The second kappa shape index (κ2) is 5.85. The Labute approximate surface area is 127 Å². The van der Waals surface area contributed by atoms with Crippen LogP contribution < -0.4 is 9.47 Å². The number of methoxy groups -OCH3 is 2. The first-order chi connectivity index (χ1) is 10.2. The fraction of sp³-hybridized carbons (Fsp3) is 0.375. The summed E-state index contributed by atoms with van der Waals surface area (Å²) in [7, 11) is 3.25. The zero-order chi connectivity index (χ0) is 14.8. The molecular weight excluding hydrogens is 286 g/mol. The molecule has 0 saturated heterocycles. The fourth-order valence-corrected chi connectivity index (χ4v) is 3.67. The molecule has 2 aromatic rings. The number of hydrogen-bond acceptors (Lipinski definition) is 5. The average Bonchev–Trinajstić information content (AvgIpc) is 2.91. The molecule has 5 heteroatoms. The molecule has 0 fully saturated rings. The minimum Gasteiger partial charge on any atom is -0.493 e. The van der Waals surface area contributed by atoms with Gasteiger partial charge in [0.15, 0.2) is 17.3 Å². The highest BCUT2D eigenvalue weighted by Gasteiger charge is 2.22. The third kappa shape index (κ3) is 2.78. The van der Waals surface area contributed by atoms with E-state index in [2.05, 4.69) is 4.98 Å². The molecule has 0 unspecified atom stereocenters. The van der Waals surface area contributed by atoms with Crippen molar-refractivity contribution >= 4 is 17.1 Å². The van der Waals surface area contributed by atoms with Gasteiger partial charge in [0.1, 0.15) is 0 Å². The van der Waals surface area contributed by atoms with Crippen molar-refractivity contribution in [3.05, 3.63) is 39.3 Å². The smallest absolute Gasteiger partial charge is 0.174 e. The number of nitrogens with zero attached hydrogens (tertiary/aromatic N) is 1. The molecular formula is C16H17NO3S. The zero-order valence-corrected chi connectivity index (χ0v) is 13.0. The van der Waals surface area contributed by atoms with Crippen LogP contribution in [0.25, 0.3) is 0 Å². The molecule has 0 atom stereocenters. The Morgan fingerprint density at radius 1 is 1.19 bits per heavy atom. The van der Waals surface area contributed by atoms with Crippen LogP contribution in [0.15, 0.2) is 18.2 Å². The van der Waals surface area contributed by atoms with Gasteiger partial charge in [-0.05, 0) is 30.5 Å². The Morgan fingerprint density at radius 2 is 2.00 bits per heavy atom. The van der Waals surface area contributed by atoms with Crippen molar-refractivity contribution in [2.45, 2.75) is 25.7 Å². The summed E-state index contributed by atoms with van der Waals surface area (Å²) in [6.45, 7) is 0. The number of fused-ring (bicyclic) bond motifs is 1. The predicted octanol–water partition coefficient (Wildman–Crippen LogP) is 3.27. The number of rotatable bonds is 4. The third-order valence-corrected chi connectivity index (χ3v) is 4.75. The highest BCUT2D eigenvalue weighted by Crippen LogP contribution is 2.31. The SMILES string of the molecule is COc1ccc(Cc2nc3c(s2)C(=O)CCC3)cc1OC. The number of carbonyl (C=O) groups excluding carboxylic acids is 1. The predicted molar refractivity (Wildman–Crippen MR) is 81.7 cm³/mol. The van der Waals surface area contributed by atoms with Crippen LogP contribution in [0.3, 0.4) is 0 Å². The number of aromatic nitrogens is 1. The lowest BCUT2D eigenvalue weighted by Gasteiger charge is -2.08. The molecule has 21 heavy (non-hydrogen) atoms. The van der Waals surface area contributed by atoms with Gasteiger partial charge in [0.2, 0.25) is 0 Å². The highest BCUT2D eigenvalue weighted by molar-refractivity contribution is 7.13. The summed E-state index contributed by atoms with van der Waals surface area (Å²) in [6.07, 6.45) is 3.21. The van der Waals surface area contributed by atoms with Crippen LogP contribution in [0.1, 0.15) is 38.8 Å². The van der Waals surface area contributed by atoms with Crippen LogP contribution in [-0.4, -0.2) is 25.0 Å². The minimum atomic E-state index is 0.243. The van der Waals surface area contributed by atoms with Crippen LogP contribution in [0.2, 0.25) is 0 Å². The quantitative estimate of drug-likeness (QED) is 0.870. The normalized spacial score (nSPS) is 13.9. The monoisotopic (exact) mass is 303 g/mol. The van der Waals surface area contributed by atoms with Gasteiger partial charge < -0.3 is 9.47 Å². The molecule has 1 aromatic heterocycles. The third-order valence-electron chi connectivity index (χ3n) is 3.62. The molecule has 1 aliphatic carbocycles. The van der Waals surface area contributed by atoms with Crippen LogP contribution in [0.4, 0.5) is 0 Å². The second-order valence-electron chi connectivity index (χ2n) is 5.03. The topological polar surface area (TPSA) is 48.4 Å². The molecule has 1 aromatic carbocycles. The number of thiazole rings is 1. The van der Waals surface area contributed by atoms with E-state index in [0.29, 0.717) is 18.6 Å². The Kier molecular flexibility index (Phi) is 3.92. The molecule has 1 heterocycles. The van der Waals surface area contributed by atoms with Crippen molar-refractivity contribution in [2.75, 3.05) is 14.2 Å².